The van der Waals surface area contributed by atoms with Crippen LogP contribution in [0.4, 0.5) is 4.39 Å². The smallest absolute Gasteiger partial charge is 0.393 e. The molecule has 0 aliphatic heterocycles. The molecule has 9 heteroatoms. The Kier molecular flexibility index (Phi) is 7.06. The van der Waals surface area contributed by atoms with Crippen LogP contribution in [0.25, 0.3) is 0 Å². The normalized spacial score (nSPS) is 42.8. The van der Waals surface area contributed by atoms with Crippen LogP contribution in [0.5, 0.6) is 0 Å². The van der Waals surface area contributed by atoms with Crippen molar-refractivity contribution in [2.75, 3.05) is 13.8 Å². The number of phosphoric acid groups is 1. The summed E-state index contributed by atoms with van der Waals surface area (Å²) in [5.41, 5.74) is 0.292. The zero-order valence-electron chi connectivity index (χ0n) is 19.0. The van der Waals surface area contributed by atoms with Crippen LogP contribution in [0.2, 0.25) is 0 Å². The molecule has 0 aromatic carbocycles. The third kappa shape index (κ3) is 4.21. The van der Waals surface area contributed by atoms with Gasteiger partial charge in [0.15, 0.2) is 11.6 Å². The van der Waals surface area contributed by atoms with Gasteiger partial charge in [0, 0.05) is 17.3 Å². The molecule has 6 unspecified atom stereocenters. The summed E-state index contributed by atoms with van der Waals surface area (Å²) in [5.74, 6) is -0.207. The maximum absolute atomic E-state index is 12.9. The number of fused-ring (bicyclic) bond motifs is 5. The van der Waals surface area contributed by atoms with E-state index < -0.39 is 31.9 Å². The van der Waals surface area contributed by atoms with Crippen molar-refractivity contribution in [1.29, 1.82) is 0 Å². The summed E-state index contributed by atoms with van der Waals surface area (Å²) in [6.07, 6.45) is 7.65. The molecule has 4 aliphatic rings. The van der Waals surface area contributed by atoms with Gasteiger partial charge >= 0.3 is 7.82 Å². The second kappa shape index (κ2) is 8.88. The van der Waals surface area contributed by atoms with Gasteiger partial charge in [-0.2, -0.15) is 0 Å². The fraction of sp³-hybridized carbons (Fsp3) is 0.739. The molecule has 3 N–H and O–H groups in total. The van der Waals surface area contributed by atoms with E-state index in [1.807, 2.05) is 13.0 Å². The predicted molar refractivity (Wildman–Crippen MR) is 116 cm³/mol. The molecular weight excluding hydrogens is 438 g/mol. The number of phosphoric ester groups is 1. The monoisotopic (exact) mass is 472 g/mol. The minimum absolute atomic E-state index is 0.00117. The largest absolute Gasteiger partial charge is 0.470 e. The molecule has 3 saturated carbocycles. The Bertz CT molecular complexity index is 880. The number of alkyl halides is 1. The lowest BCUT2D eigenvalue weighted by molar-refractivity contribution is -0.142. The fourth-order valence-corrected chi connectivity index (χ4v) is 7.91. The maximum Gasteiger partial charge on any atom is 0.470 e. The van der Waals surface area contributed by atoms with Crippen LogP contribution < -0.4 is 0 Å². The van der Waals surface area contributed by atoms with Crippen molar-refractivity contribution in [2.24, 2.45) is 40.4 Å². The summed E-state index contributed by atoms with van der Waals surface area (Å²) < 4.78 is 25.1. The van der Waals surface area contributed by atoms with E-state index >= 15 is 0 Å². The van der Waals surface area contributed by atoms with E-state index in [1.54, 1.807) is 12.2 Å². The van der Waals surface area contributed by atoms with Crippen molar-refractivity contribution in [3.63, 3.8) is 0 Å². The van der Waals surface area contributed by atoms with Crippen LogP contribution in [-0.4, -0.2) is 46.3 Å². The Morgan fingerprint density at radius 2 is 1.97 bits per heavy atom. The summed E-state index contributed by atoms with van der Waals surface area (Å²) in [6.45, 7) is 5.56. The Labute approximate surface area is 188 Å². The lowest BCUT2D eigenvalue weighted by Gasteiger charge is -2.58. The summed E-state index contributed by atoms with van der Waals surface area (Å²) in [5, 5.41) is 11.3. The van der Waals surface area contributed by atoms with Crippen molar-refractivity contribution in [3.8, 4) is 0 Å². The zero-order valence-corrected chi connectivity index (χ0v) is 19.9. The molecule has 0 heterocycles. The first-order valence-electron chi connectivity index (χ1n) is 11.1. The van der Waals surface area contributed by atoms with Gasteiger partial charge in [-0.15, -0.1) is 0 Å². The number of halogens is 1. The first kappa shape index (κ1) is 25.4. The van der Waals surface area contributed by atoms with E-state index in [0.29, 0.717) is 13.6 Å². The molecule has 0 spiro atoms. The number of carbonyl (C=O) groups excluding carboxylic acids is 2. The van der Waals surface area contributed by atoms with Gasteiger partial charge in [-0.05, 0) is 61.0 Å². The molecule has 3 fully saturated rings. The summed E-state index contributed by atoms with van der Waals surface area (Å²) >= 11 is 0. The van der Waals surface area contributed by atoms with Gasteiger partial charge in [0.25, 0.3) is 0 Å². The van der Waals surface area contributed by atoms with Crippen molar-refractivity contribution in [2.45, 2.75) is 52.6 Å². The van der Waals surface area contributed by atoms with E-state index in [0.717, 1.165) is 24.8 Å². The molecule has 0 aromatic rings. The third-order valence-corrected chi connectivity index (χ3v) is 9.02. The van der Waals surface area contributed by atoms with Gasteiger partial charge in [-0.3, -0.25) is 18.5 Å². The lowest BCUT2D eigenvalue weighted by atomic mass is 9.46. The first-order chi connectivity index (χ1) is 14.9. The van der Waals surface area contributed by atoms with Crippen molar-refractivity contribution in [3.05, 3.63) is 23.8 Å². The molecule has 7 nitrogen and oxygen atoms in total. The molecule has 0 saturated heterocycles. The summed E-state index contributed by atoms with van der Waals surface area (Å²) in [7, 11) is -4.22. The lowest BCUT2D eigenvalue weighted by Crippen LogP contribution is -2.56. The second-order valence-corrected chi connectivity index (χ2v) is 11.5. The first-order valence-corrected chi connectivity index (χ1v) is 12.6. The van der Waals surface area contributed by atoms with Crippen LogP contribution in [0.3, 0.4) is 0 Å². The molecule has 8 atom stereocenters. The number of rotatable bonds is 4. The fourth-order valence-electron chi connectivity index (χ4n) is 7.62. The SMILES string of the molecule is CF.C[C@H]1CC2C3CCC4=CC(=O)C=CC4(C)C3[C@@H](O)CC2(C)C1C(=O)COP(=O)(O)O. The summed E-state index contributed by atoms with van der Waals surface area (Å²) in [6, 6.07) is 0. The van der Waals surface area contributed by atoms with E-state index in [4.69, 9.17) is 9.79 Å². The average molecular weight is 472 g/mol. The number of aliphatic hydroxyl groups excluding tert-OH is 1. The highest BCUT2D eigenvalue weighted by atomic mass is 31.2. The topological polar surface area (TPSA) is 121 Å². The number of hydrogen-bond donors (Lipinski definition) is 3. The molecule has 0 bridgehead atoms. The van der Waals surface area contributed by atoms with E-state index in [2.05, 4.69) is 18.4 Å². The van der Waals surface area contributed by atoms with Crippen LogP contribution in [0, 0.1) is 40.4 Å². The van der Waals surface area contributed by atoms with Crippen LogP contribution in [-0.2, 0) is 18.7 Å². The highest BCUT2D eigenvalue weighted by Crippen LogP contribution is 2.67. The highest BCUT2D eigenvalue weighted by Gasteiger charge is 2.64. The van der Waals surface area contributed by atoms with Gasteiger partial charge in [-0.25, -0.2) is 4.57 Å². The predicted octanol–water partition coefficient (Wildman–Crippen LogP) is 3.39. The Morgan fingerprint density at radius 3 is 2.59 bits per heavy atom. The van der Waals surface area contributed by atoms with Gasteiger partial charge in [-0.1, -0.05) is 32.4 Å². The zero-order chi connectivity index (χ0) is 24.1. The van der Waals surface area contributed by atoms with Crippen molar-refractivity contribution >= 4 is 19.4 Å². The van der Waals surface area contributed by atoms with Crippen LogP contribution in [0.1, 0.15) is 46.5 Å². The summed E-state index contributed by atoms with van der Waals surface area (Å²) in [4.78, 5) is 42.8. The Balaban J connectivity index is 0.00000141. The maximum atomic E-state index is 12.9. The molecule has 4 rings (SSSR count). The van der Waals surface area contributed by atoms with Gasteiger partial charge in [0.2, 0.25) is 0 Å². The number of allylic oxidation sites excluding steroid dienone is 4. The van der Waals surface area contributed by atoms with E-state index in [1.165, 1.54) is 0 Å². The quantitative estimate of drug-likeness (QED) is 0.536. The minimum Gasteiger partial charge on any atom is -0.393 e. The van der Waals surface area contributed by atoms with Crippen LogP contribution >= 0.6 is 7.82 Å². The molecule has 32 heavy (non-hydrogen) atoms. The van der Waals surface area contributed by atoms with Crippen LogP contribution in [0.15, 0.2) is 23.8 Å². The van der Waals surface area contributed by atoms with E-state index in [-0.39, 0.29) is 40.7 Å². The van der Waals surface area contributed by atoms with Crippen molar-refractivity contribution < 1.29 is 38.0 Å². The third-order valence-electron chi connectivity index (χ3n) is 8.56. The Morgan fingerprint density at radius 1 is 1.31 bits per heavy atom. The standard InChI is InChI=1S/C22H31O7P.CH3F/c1-12-8-16-15-5-4-13-9-14(23)6-7-21(13,2)20(15)17(24)10-22(16,3)19(12)18(25)11-29-30(26,27)28;1-2/h6-7,9,12,15-17,19-20,24H,4-5,8,10-11H2,1-3H3,(H2,26,27,28);1H3/t12-,15?,16?,17-,19?,20?,21?,22?;/m0./s1. The van der Waals surface area contributed by atoms with Gasteiger partial charge in [0.05, 0.1) is 13.3 Å². The van der Waals surface area contributed by atoms with Crippen molar-refractivity contribution in [1.82, 2.24) is 0 Å². The Hall–Kier alpha value is -1.18. The van der Waals surface area contributed by atoms with Gasteiger partial charge in [0.1, 0.15) is 6.61 Å². The molecule has 180 valence electrons. The molecule has 0 radical (unpaired) electrons. The number of Topliss-reactive ketones (excluding diaryl/α,β-unsaturated/α-hetero) is 1. The van der Waals surface area contributed by atoms with E-state index in [9.17, 15) is 23.7 Å². The number of ketones is 2. The molecular formula is C23H34FO7P. The number of aliphatic hydroxyl groups is 1. The highest BCUT2D eigenvalue weighted by molar-refractivity contribution is 7.46. The number of hydrogen-bond acceptors (Lipinski definition) is 5. The second-order valence-electron chi connectivity index (χ2n) is 10.2. The number of carbonyl (C=O) groups is 2. The van der Waals surface area contributed by atoms with Gasteiger partial charge < -0.3 is 14.9 Å². The average Bonchev–Trinajstić information content (AvgIpc) is 2.97. The molecule has 0 amide bonds. The molecule has 0 aromatic heterocycles. The minimum atomic E-state index is -4.72. The molecule has 4 aliphatic carbocycles.